The van der Waals surface area contributed by atoms with E-state index in [0.29, 0.717) is 34.5 Å². The molecule has 0 aromatic carbocycles. The minimum Gasteiger partial charge on any atom is -0.0764 e. The maximum absolute atomic E-state index is 2.95. The van der Waals surface area contributed by atoms with Crippen LogP contribution in [0.1, 0.15) is 153 Å². The van der Waals surface area contributed by atoms with Crippen LogP contribution in [-0.2, 0) is 0 Å². The van der Waals surface area contributed by atoms with Gasteiger partial charge in [-0.25, -0.2) is 0 Å². The maximum atomic E-state index is 2.95. The van der Waals surface area contributed by atoms with Gasteiger partial charge in [-0.3, -0.25) is 0 Å². The highest BCUT2D eigenvalue weighted by Crippen LogP contribution is 2.71. The van der Waals surface area contributed by atoms with Gasteiger partial charge in [0.1, 0.15) is 0 Å². The van der Waals surface area contributed by atoms with E-state index in [1.54, 1.807) is 54.4 Å². The summed E-state index contributed by atoms with van der Waals surface area (Å²) >= 11 is 0. The van der Waals surface area contributed by atoms with Crippen molar-refractivity contribution in [1.82, 2.24) is 0 Å². The van der Waals surface area contributed by atoms with Gasteiger partial charge in [0.25, 0.3) is 0 Å². The summed E-state index contributed by atoms with van der Waals surface area (Å²) in [6.45, 7) is 28.9. The van der Waals surface area contributed by atoms with E-state index in [9.17, 15) is 0 Å². The molecule has 0 nitrogen and oxygen atoms in total. The Morgan fingerprint density at radius 2 is 0.833 bits per heavy atom. The maximum Gasteiger partial charge on any atom is -0.00921 e. The Morgan fingerprint density at radius 1 is 0.458 bits per heavy atom. The summed E-state index contributed by atoms with van der Waals surface area (Å²) < 4.78 is 0. The lowest BCUT2D eigenvalue weighted by Crippen LogP contribution is -2.54. The van der Waals surface area contributed by atoms with E-state index in [1.165, 1.54) is 44.9 Å². The molecule has 8 fully saturated rings. The molecular weight excluding hydrogens is 577 g/mol. The molecule has 0 amide bonds. The van der Waals surface area contributed by atoms with E-state index < -0.39 is 0 Å². The van der Waals surface area contributed by atoms with Crippen molar-refractivity contribution in [2.24, 2.45) is 97.6 Å². The van der Waals surface area contributed by atoms with Gasteiger partial charge in [-0.2, -0.15) is 0 Å². The zero-order valence-electron chi connectivity index (χ0n) is 33.1. The summed E-state index contributed by atoms with van der Waals surface area (Å²) in [6.07, 6.45) is 29.4. The quantitative estimate of drug-likeness (QED) is 0.286. The van der Waals surface area contributed by atoms with Crippen molar-refractivity contribution in [3.05, 3.63) is 46.6 Å². The molecule has 0 aromatic rings. The predicted octanol–water partition coefficient (Wildman–Crippen LogP) is 13.4. The van der Waals surface area contributed by atoms with Gasteiger partial charge < -0.3 is 0 Å². The molecule has 264 valence electrons. The molecular formula is C48H72. The second-order valence-electron chi connectivity index (χ2n) is 23.4. The SMILES string of the molecule is CC1(C)CCC(C)(C)C2=CC3C(C=C21)C1C=C2C(=CC1C3C(C)(C)C1CCC(C3(C)C4CC5CC(C4)CC3C5)C1)C(C)(C)CCC2(C)C. The van der Waals surface area contributed by atoms with E-state index in [4.69, 9.17) is 0 Å². The number of hydrogen-bond donors (Lipinski definition) is 0. The molecule has 8 saturated carbocycles. The normalized spacial score (nSPS) is 48.8. The summed E-state index contributed by atoms with van der Waals surface area (Å²) in [4.78, 5) is 0. The van der Waals surface area contributed by atoms with Crippen molar-refractivity contribution in [3.8, 4) is 0 Å². The van der Waals surface area contributed by atoms with Crippen LogP contribution in [0, 0.1) is 97.6 Å². The molecule has 0 aromatic heterocycles. The van der Waals surface area contributed by atoms with Gasteiger partial charge in [0.2, 0.25) is 0 Å². The average Bonchev–Trinajstić information content (AvgIpc) is 3.64. The molecule has 6 atom stereocenters. The van der Waals surface area contributed by atoms with Crippen LogP contribution >= 0.6 is 0 Å². The fourth-order valence-corrected chi connectivity index (χ4v) is 15.8. The van der Waals surface area contributed by atoms with Gasteiger partial charge in [-0.15, -0.1) is 0 Å². The lowest BCUT2D eigenvalue weighted by molar-refractivity contribution is -0.130. The molecule has 10 aliphatic carbocycles. The first kappa shape index (κ1) is 32.8. The molecule has 10 aliphatic rings. The Bertz CT molecular complexity index is 1390. The highest BCUT2D eigenvalue weighted by Gasteiger charge is 2.62. The van der Waals surface area contributed by atoms with Gasteiger partial charge in [0, 0.05) is 0 Å². The van der Waals surface area contributed by atoms with Crippen molar-refractivity contribution in [2.75, 3.05) is 0 Å². The lowest BCUT2D eigenvalue weighted by Gasteiger charge is -2.62. The van der Waals surface area contributed by atoms with Gasteiger partial charge in [0.15, 0.2) is 0 Å². The molecule has 4 bridgehead atoms. The highest BCUT2D eigenvalue weighted by molar-refractivity contribution is 5.51. The molecule has 48 heavy (non-hydrogen) atoms. The van der Waals surface area contributed by atoms with E-state index in [-0.39, 0.29) is 21.7 Å². The van der Waals surface area contributed by atoms with Crippen molar-refractivity contribution in [1.29, 1.82) is 0 Å². The van der Waals surface area contributed by atoms with Crippen LogP contribution in [0.15, 0.2) is 46.6 Å². The van der Waals surface area contributed by atoms with E-state index in [2.05, 4.69) is 100 Å². The van der Waals surface area contributed by atoms with Crippen LogP contribution in [0.4, 0.5) is 0 Å². The monoisotopic (exact) mass is 649 g/mol. The van der Waals surface area contributed by atoms with Crippen molar-refractivity contribution in [3.63, 3.8) is 0 Å². The molecule has 0 N–H and O–H groups in total. The third kappa shape index (κ3) is 4.44. The molecule has 0 heteroatoms. The van der Waals surface area contributed by atoms with Crippen LogP contribution < -0.4 is 0 Å². The van der Waals surface area contributed by atoms with Crippen LogP contribution in [0.3, 0.4) is 0 Å². The van der Waals surface area contributed by atoms with Crippen molar-refractivity contribution >= 4 is 0 Å². The van der Waals surface area contributed by atoms with Crippen LogP contribution in [0.5, 0.6) is 0 Å². The summed E-state index contributed by atoms with van der Waals surface area (Å²) in [7, 11) is 0. The topological polar surface area (TPSA) is 0 Å². The van der Waals surface area contributed by atoms with Crippen LogP contribution in [0.25, 0.3) is 0 Å². The molecule has 0 radical (unpaired) electrons. The largest absolute Gasteiger partial charge is 0.0764 e. The molecule has 0 heterocycles. The molecule has 10 rings (SSSR count). The Hall–Kier alpha value is -1.04. The minimum atomic E-state index is 0.288. The molecule has 0 saturated heterocycles. The van der Waals surface area contributed by atoms with Crippen LogP contribution in [-0.4, -0.2) is 0 Å². The Balaban J connectivity index is 1.12. The number of fused-ring (bicyclic) bond motifs is 5. The predicted molar refractivity (Wildman–Crippen MR) is 203 cm³/mol. The lowest BCUT2D eigenvalue weighted by atomic mass is 9.42. The third-order valence-electron chi connectivity index (χ3n) is 19.0. The zero-order valence-corrected chi connectivity index (χ0v) is 33.1. The summed E-state index contributed by atoms with van der Waals surface area (Å²) in [5, 5.41) is 0. The van der Waals surface area contributed by atoms with Gasteiger partial charge in [-0.1, -0.05) is 100 Å². The average molecular weight is 649 g/mol. The highest BCUT2D eigenvalue weighted by atomic mass is 14.7. The fraction of sp³-hybridized carbons (Fsp3) is 0.833. The smallest absolute Gasteiger partial charge is 0.00921 e. The van der Waals surface area contributed by atoms with Gasteiger partial charge >= 0.3 is 0 Å². The third-order valence-corrected chi connectivity index (χ3v) is 19.0. The Labute approximate surface area is 296 Å². The van der Waals surface area contributed by atoms with Crippen molar-refractivity contribution in [2.45, 2.75) is 153 Å². The first-order valence-electron chi connectivity index (χ1n) is 21.2. The number of allylic oxidation sites excluding steroid dienone is 8. The van der Waals surface area contributed by atoms with E-state index in [0.717, 1.165) is 41.4 Å². The molecule has 0 spiro atoms. The first-order valence-corrected chi connectivity index (χ1v) is 21.2. The standard InChI is InChI=1S/C48H72/c1-43(2)14-16-45(5,6)40-26-36-34(24-38(40)43)35-25-39-41(46(7,8)17-15-44(39,3)4)27-37(35)42(36)47(9,10)30-12-13-31(23-30)48(11)32-19-28-18-29(21-32)22-33(48)20-28/h24-37,42H,12-23H2,1-11H3. The first-order chi connectivity index (χ1) is 22.3. The minimum absolute atomic E-state index is 0.288. The molecule has 0 aliphatic heterocycles. The fourth-order valence-electron chi connectivity index (χ4n) is 15.8. The van der Waals surface area contributed by atoms with Crippen LogP contribution in [0.2, 0.25) is 0 Å². The molecule has 6 unspecified atom stereocenters. The van der Waals surface area contributed by atoms with E-state index in [1.807, 2.05) is 0 Å². The number of rotatable bonds is 3. The zero-order chi connectivity index (χ0) is 34.0. The summed E-state index contributed by atoms with van der Waals surface area (Å²) in [5.74, 6) is 9.41. The summed E-state index contributed by atoms with van der Waals surface area (Å²) in [5.41, 5.74) is 9.05. The number of hydrogen-bond acceptors (Lipinski definition) is 0. The Kier molecular flexibility index (Phi) is 6.90. The van der Waals surface area contributed by atoms with Gasteiger partial charge in [0.05, 0.1) is 0 Å². The van der Waals surface area contributed by atoms with Gasteiger partial charge in [-0.05, 0) is 197 Å². The Morgan fingerprint density at radius 3 is 1.23 bits per heavy atom. The second-order valence-corrected chi connectivity index (χ2v) is 23.4. The van der Waals surface area contributed by atoms with Crippen molar-refractivity contribution < 1.29 is 0 Å². The second kappa shape index (κ2) is 10.1. The van der Waals surface area contributed by atoms with E-state index >= 15 is 0 Å². The summed E-state index contributed by atoms with van der Waals surface area (Å²) in [6, 6.07) is 0.